The highest BCUT2D eigenvalue weighted by Crippen LogP contribution is 2.55. The van der Waals surface area contributed by atoms with E-state index < -0.39 is 17.3 Å². The predicted octanol–water partition coefficient (Wildman–Crippen LogP) is 1.53. The van der Waals surface area contributed by atoms with Crippen LogP contribution in [0.25, 0.3) is 0 Å². The number of rotatable bonds is 3. The average molecular weight is 392 g/mol. The monoisotopic (exact) mass is 392 g/mol. The van der Waals surface area contributed by atoms with Gasteiger partial charge in [-0.2, -0.15) is 0 Å². The molecule has 1 unspecified atom stereocenters. The number of fused-ring (bicyclic) bond motifs is 3. The van der Waals surface area contributed by atoms with Gasteiger partial charge < -0.3 is 20.1 Å². The van der Waals surface area contributed by atoms with Gasteiger partial charge in [0.2, 0.25) is 11.8 Å². The summed E-state index contributed by atoms with van der Waals surface area (Å²) < 4.78 is 10.9. The Labute approximate surface area is 168 Å². The number of esters is 1. The highest BCUT2D eigenvalue weighted by Gasteiger charge is 2.63. The van der Waals surface area contributed by atoms with E-state index in [-0.39, 0.29) is 42.4 Å². The van der Waals surface area contributed by atoms with Crippen LogP contribution in [-0.2, 0) is 24.5 Å². The van der Waals surface area contributed by atoms with Gasteiger partial charge in [0.15, 0.2) is 5.78 Å². The van der Waals surface area contributed by atoms with E-state index in [0.717, 1.165) is 0 Å². The lowest BCUT2D eigenvalue weighted by atomic mass is 9.65. The highest BCUT2D eigenvalue weighted by atomic mass is 16.5. The van der Waals surface area contributed by atoms with E-state index in [9.17, 15) is 14.4 Å². The van der Waals surface area contributed by atoms with Gasteiger partial charge in [0.05, 0.1) is 13.2 Å². The first kappa shape index (κ1) is 18.8. The molecule has 0 fully saturated rings. The van der Waals surface area contributed by atoms with Crippen LogP contribution >= 0.6 is 0 Å². The van der Waals surface area contributed by atoms with E-state index in [0.29, 0.717) is 29.9 Å². The zero-order valence-corrected chi connectivity index (χ0v) is 16.0. The van der Waals surface area contributed by atoms with Crippen molar-refractivity contribution in [2.75, 3.05) is 13.2 Å². The lowest BCUT2D eigenvalue weighted by Gasteiger charge is -2.37. The Morgan fingerprint density at radius 1 is 1.34 bits per heavy atom. The summed E-state index contributed by atoms with van der Waals surface area (Å²) in [7, 11) is 0. The van der Waals surface area contributed by atoms with Gasteiger partial charge in [-0.05, 0) is 25.8 Å². The first-order chi connectivity index (χ1) is 14.0. The summed E-state index contributed by atoms with van der Waals surface area (Å²) in [5.74, 6) is 1.08. The number of amides is 1. The van der Waals surface area contributed by atoms with Crippen LogP contribution in [0.3, 0.4) is 0 Å². The third-order valence-electron chi connectivity index (χ3n) is 5.51. The molecule has 4 rings (SSSR count). The molecule has 3 aliphatic rings. The second kappa shape index (κ2) is 6.82. The van der Waals surface area contributed by atoms with Crippen molar-refractivity contribution in [2.45, 2.75) is 31.6 Å². The fourth-order valence-corrected chi connectivity index (χ4v) is 4.51. The summed E-state index contributed by atoms with van der Waals surface area (Å²) >= 11 is 0. The number of benzene rings is 1. The topological polar surface area (TPSA) is 98.9 Å². The van der Waals surface area contributed by atoms with Gasteiger partial charge in [0.25, 0.3) is 0 Å². The number of Topliss-reactive ketones (excluding diaryl/α,β-unsaturated/α-hetero) is 1. The minimum Gasteiger partial charge on any atom is -0.462 e. The molecular formula is C22H20N2O5. The maximum Gasteiger partial charge on any atom is 0.341 e. The van der Waals surface area contributed by atoms with E-state index in [1.807, 2.05) is 0 Å². The van der Waals surface area contributed by atoms with E-state index in [2.05, 4.69) is 5.92 Å². The van der Waals surface area contributed by atoms with E-state index in [1.54, 1.807) is 31.2 Å². The van der Waals surface area contributed by atoms with Crippen LogP contribution in [0.15, 0.2) is 47.0 Å². The Balaban J connectivity index is 2.10. The Hall–Kier alpha value is -3.53. The molecule has 2 heterocycles. The number of allylic oxidation sites excluding steroid dienone is 1. The molecule has 7 heteroatoms. The minimum absolute atomic E-state index is 0.00820. The molecule has 0 bridgehead atoms. The fraction of sp³-hybridized carbons (Fsp3) is 0.318. The molecular weight excluding hydrogens is 372 g/mol. The van der Waals surface area contributed by atoms with Gasteiger partial charge in [-0.1, -0.05) is 24.1 Å². The Kier molecular flexibility index (Phi) is 4.42. The van der Waals surface area contributed by atoms with Crippen molar-refractivity contribution in [3.8, 4) is 18.1 Å². The number of hydrogen-bond donors (Lipinski definition) is 1. The third kappa shape index (κ3) is 2.42. The maximum absolute atomic E-state index is 13.9. The standard InChI is InChI=1S/C22H20N2O5/c1-3-12-24-14-9-7-10-15(25)17(14)22(21(24)27)13-8-5-6-11-16(13)29-19(23)18(22)20(26)28-4-2/h1,5-6,8,11H,4,7,9-10,12,23H2,2H3. The first-order valence-corrected chi connectivity index (χ1v) is 9.45. The summed E-state index contributed by atoms with van der Waals surface area (Å²) in [6, 6.07) is 6.77. The zero-order chi connectivity index (χ0) is 20.8. The highest BCUT2D eigenvalue weighted by molar-refractivity contribution is 6.19. The fourth-order valence-electron chi connectivity index (χ4n) is 4.51. The molecule has 0 aromatic heterocycles. The van der Waals surface area contributed by atoms with Crippen molar-refractivity contribution in [2.24, 2.45) is 5.73 Å². The SMILES string of the molecule is C#CCN1C(=O)C2(C(C(=O)OCC)=C(N)Oc3ccccc32)C2=C1CCCC2=O. The van der Waals surface area contributed by atoms with Crippen molar-refractivity contribution >= 4 is 17.7 Å². The van der Waals surface area contributed by atoms with Crippen molar-refractivity contribution < 1.29 is 23.9 Å². The van der Waals surface area contributed by atoms with Gasteiger partial charge in [-0.3, -0.25) is 9.59 Å². The minimum atomic E-state index is -1.71. The molecule has 0 saturated carbocycles. The molecule has 2 aliphatic heterocycles. The van der Waals surface area contributed by atoms with Crippen molar-refractivity contribution in [1.29, 1.82) is 0 Å². The average Bonchev–Trinajstić information content (AvgIpc) is 2.93. The first-order valence-electron chi connectivity index (χ1n) is 9.45. The second-order valence-electron chi connectivity index (χ2n) is 7.00. The van der Waals surface area contributed by atoms with Crippen LogP contribution in [0.2, 0.25) is 0 Å². The molecule has 0 radical (unpaired) electrons. The lowest BCUT2D eigenvalue weighted by molar-refractivity contribution is -0.142. The number of carbonyl (C=O) groups excluding carboxylic acids is 3. The molecule has 1 atom stereocenters. The smallest absolute Gasteiger partial charge is 0.341 e. The molecule has 148 valence electrons. The zero-order valence-electron chi connectivity index (χ0n) is 16.0. The summed E-state index contributed by atoms with van der Waals surface area (Å²) in [5, 5.41) is 0. The van der Waals surface area contributed by atoms with Gasteiger partial charge >= 0.3 is 5.97 Å². The number of terminal acetylenes is 1. The quantitative estimate of drug-likeness (QED) is 0.619. The summed E-state index contributed by atoms with van der Waals surface area (Å²) in [6.07, 6.45) is 6.89. The molecule has 1 aromatic carbocycles. The Morgan fingerprint density at radius 2 is 2.10 bits per heavy atom. The maximum atomic E-state index is 13.9. The van der Waals surface area contributed by atoms with E-state index >= 15 is 0 Å². The van der Waals surface area contributed by atoms with Crippen molar-refractivity contribution in [3.63, 3.8) is 0 Å². The molecule has 1 amide bonds. The molecule has 2 N–H and O–H groups in total. The number of ether oxygens (including phenoxy) is 2. The van der Waals surface area contributed by atoms with Crippen LogP contribution in [0, 0.1) is 12.3 Å². The van der Waals surface area contributed by atoms with Crippen LogP contribution < -0.4 is 10.5 Å². The normalized spacial score (nSPS) is 23.0. The summed E-state index contributed by atoms with van der Waals surface area (Å²) in [4.78, 5) is 41.4. The number of hydrogen-bond acceptors (Lipinski definition) is 6. The van der Waals surface area contributed by atoms with Crippen molar-refractivity contribution in [1.82, 2.24) is 4.90 Å². The van der Waals surface area contributed by atoms with Crippen LogP contribution in [0.4, 0.5) is 0 Å². The molecule has 1 spiro atoms. The molecule has 29 heavy (non-hydrogen) atoms. The van der Waals surface area contributed by atoms with Crippen LogP contribution in [0.5, 0.6) is 5.75 Å². The van der Waals surface area contributed by atoms with E-state index in [4.69, 9.17) is 21.6 Å². The Morgan fingerprint density at radius 3 is 2.83 bits per heavy atom. The van der Waals surface area contributed by atoms with Crippen LogP contribution in [0.1, 0.15) is 31.7 Å². The summed E-state index contributed by atoms with van der Waals surface area (Å²) in [6.45, 7) is 1.72. The number of nitrogens with two attached hydrogens (primary N) is 1. The Bertz CT molecular complexity index is 1050. The van der Waals surface area contributed by atoms with Gasteiger partial charge in [-0.25, -0.2) is 4.79 Å². The second-order valence-corrected chi connectivity index (χ2v) is 7.00. The third-order valence-corrected chi connectivity index (χ3v) is 5.51. The van der Waals surface area contributed by atoms with Crippen molar-refractivity contribution in [3.05, 3.63) is 52.6 Å². The van der Waals surface area contributed by atoms with E-state index in [1.165, 1.54) is 4.90 Å². The molecule has 0 saturated heterocycles. The lowest BCUT2D eigenvalue weighted by Crippen LogP contribution is -2.49. The number of nitrogens with zero attached hydrogens (tertiary/aromatic N) is 1. The summed E-state index contributed by atoms with van der Waals surface area (Å²) in [5.41, 5.74) is 5.46. The largest absolute Gasteiger partial charge is 0.462 e. The number of carbonyl (C=O) groups is 3. The number of para-hydroxylation sites is 1. The molecule has 1 aromatic rings. The predicted molar refractivity (Wildman–Crippen MR) is 103 cm³/mol. The van der Waals surface area contributed by atoms with Gasteiger partial charge in [0.1, 0.15) is 16.7 Å². The van der Waals surface area contributed by atoms with Crippen LogP contribution in [-0.4, -0.2) is 35.7 Å². The molecule has 1 aliphatic carbocycles. The number of ketones is 1. The van der Waals surface area contributed by atoms with Gasteiger partial charge in [0, 0.05) is 23.3 Å². The molecule has 7 nitrogen and oxygen atoms in total. The van der Waals surface area contributed by atoms with Gasteiger partial charge in [-0.15, -0.1) is 6.42 Å².